The van der Waals surface area contributed by atoms with E-state index in [1.807, 2.05) is 4.40 Å². The SMILES string of the molecule is CCC(C)(C)NCc1cc(=O)n2c3c(sc2n1)CCCC3. The molecule has 0 atom stereocenters. The minimum Gasteiger partial charge on any atom is -0.306 e. The average Bonchev–Trinajstić information content (AvgIpc) is 2.84. The molecule has 5 heteroatoms. The summed E-state index contributed by atoms with van der Waals surface area (Å²) in [5, 5.41) is 3.47. The van der Waals surface area contributed by atoms with Crippen LogP contribution in [0.2, 0.25) is 0 Å². The molecule has 4 nitrogen and oxygen atoms in total. The Morgan fingerprint density at radius 2 is 2.14 bits per heavy atom. The van der Waals surface area contributed by atoms with Gasteiger partial charge in [0, 0.05) is 28.7 Å². The molecule has 0 saturated carbocycles. The maximum atomic E-state index is 12.4. The van der Waals surface area contributed by atoms with Crippen molar-refractivity contribution in [3.63, 3.8) is 0 Å². The van der Waals surface area contributed by atoms with Gasteiger partial charge in [-0.25, -0.2) is 4.98 Å². The van der Waals surface area contributed by atoms with Gasteiger partial charge in [0.05, 0.1) is 5.69 Å². The molecule has 0 saturated heterocycles. The number of thiazole rings is 1. The minimum absolute atomic E-state index is 0.0709. The van der Waals surface area contributed by atoms with Gasteiger partial charge in [0.15, 0.2) is 4.96 Å². The van der Waals surface area contributed by atoms with Crippen LogP contribution in [0.5, 0.6) is 0 Å². The second-order valence-electron chi connectivity index (χ2n) is 6.47. The summed E-state index contributed by atoms with van der Waals surface area (Å²) in [5.74, 6) is 0. The Bertz CT molecular complexity index is 714. The lowest BCUT2D eigenvalue weighted by molar-refractivity contribution is 0.372. The Hall–Kier alpha value is -1.20. The van der Waals surface area contributed by atoms with Crippen molar-refractivity contribution in [3.8, 4) is 0 Å². The highest BCUT2D eigenvalue weighted by Crippen LogP contribution is 2.28. The third kappa shape index (κ3) is 2.90. The lowest BCUT2D eigenvalue weighted by Gasteiger charge is -2.24. The van der Waals surface area contributed by atoms with Crippen LogP contribution in [-0.2, 0) is 19.4 Å². The summed E-state index contributed by atoms with van der Waals surface area (Å²) in [7, 11) is 0. The summed E-state index contributed by atoms with van der Waals surface area (Å²) in [4.78, 5) is 19.3. The van der Waals surface area contributed by atoms with Gasteiger partial charge < -0.3 is 5.32 Å². The first kappa shape index (κ1) is 14.7. The third-order valence-corrected chi connectivity index (χ3v) is 5.59. The molecule has 0 aromatic carbocycles. The van der Waals surface area contributed by atoms with E-state index in [9.17, 15) is 4.79 Å². The summed E-state index contributed by atoms with van der Waals surface area (Å²) in [5.41, 5.74) is 2.19. The smallest absolute Gasteiger partial charge is 0.259 e. The van der Waals surface area contributed by atoms with Gasteiger partial charge in [-0.15, -0.1) is 11.3 Å². The van der Waals surface area contributed by atoms with Crippen molar-refractivity contribution in [3.05, 3.63) is 32.7 Å². The molecule has 21 heavy (non-hydrogen) atoms. The standard InChI is InChI=1S/C16H23N3OS/c1-4-16(2,3)17-10-11-9-14(20)19-12-7-5-6-8-13(12)21-15(19)18-11/h9,17H,4-8,10H2,1-3H3. The number of fused-ring (bicyclic) bond motifs is 3. The molecular weight excluding hydrogens is 282 g/mol. The van der Waals surface area contributed by atoms with Gasteiger partial charge >= 0.3 is 0 Å². The van der Waals surface area contributed by atoms with E-state index in [0.29, 0.717) is 6.54 Å². The summed E-state index contributed by atoms with van der Waals surface area (Å²) in [6.07, 6.45) is 5.56. The van der Waals surface area contributed by atoms with E-state index in [2.05, 4.69) is 26.1 Å². The molecular formula is C16H23N3OS. The molecule has 0 fully saturated rings. The monoisotopic (exact) mass is 305 g/mol. The molecule has 1 N–H and O–H groups in total. The van der Waals surface area contributed by atoms with Crippen molar-refractivity contribution < 1.29 is 0 Å². The van der Waals surface area contributed by atoms with Crippen molar-refractivity contribution in [2.75, 3.05) is 0 Å². The Balaban J connectivity index is 1.94. The summed E-state index contributed by atoms with van der Waals surface area (Å²) in [6.45, 7) is 7.14. The Kier molecular flexibility index (Phi) is 3.88. The Morgan fingerprint density at radius 1 is 1.38 bits per heavy atom. The fourth-order valence-electron chi connectivity index (χ4n) is 2.69. The Labute approximate surface area is 129 Å². The van der Waals surface area contributed by atoms with Crippen molar-refractivity contribution in [1.82, 2.24) is 14.7 Å². The van der Waals surface area contributed by atoms with Gasteiger partial charge in [0.1, 0.15) is 0 Å². The lowest BCUT2D eigenvalue weighted by atomic mass is 10.0. The van der Waals surface area contributed by atoms with Gasteiger partial charge in [0.25, 0.3) is 5.56 Å². The normalized spacial score (nSPS) is 15.4. The van der Waals surface area contributed by atoms with E-state index in [1.165, 1.54) is 23.4 Å². The minimum atomic E-state index is 0.0709. The second kappa shape index (κ2) is 5.54. The fraction of sp³-hybridized carbons (Fsp3) is 0.625. The summed E-state index contributed by atoms with van der Waals surface area (Å²) in [6, 6.07) is 1.69. The maximum Gasteiger partial charge on any atom is 0.259 e. The number of nitrogens with zero attached hydrogens (tertiary/aromatic N) is 2. The van der Waals surface area contributed by atoms with Crippen LogP contribution in [0.4, 0.5) is 0 Å². The van der Waals surface area contributed by atoms with Crippen molar-refractivity contribution in [1.29, 1.82) is 0 Å². The van der Waals surface area contributed by atoms with Crippen LogP contribution in [0, 0.1) is 0 Å². The van der Waals surface area contributed by atoms with Crippen LogP contribution >= 0.6 is 11.3 Å². The molecule has 1 aliphatic rings. The maximum absolute atomic E-state index is 12.4. The molecule has 0 spiro atoms. The largest absolute Gasteiger partial charge is 0.306 e. The van der Waals surface area contributed by atoms with Crippen molar-refractivity contribution >= 4 is 16.3 Å². The average molecular weight is 305 g/mol. The zero-order valence-corrected chi connectivity index (χ0v) is 13.8. The van der Waals surface area contributed by atoms with Gasteiger partial charge in [-0.3, -0.25) is 9.20 Å². The molecule has 0 aliphatic heterocycles. The second-order valence-corrected chi connectivity index (χ2v) is 7.54. The highest BCUT2D eigenvalue weighted by molar-refractivity contribution is 7.17. The molecule has 0 bridgehead atoms. The van der Waals surface area contributed by atoms with E-state index in [-0.39, 0.29) is 11.1 Å². The predicted octanol–water partition coefficient (Wildman–Crippen LogP) is 2.91. The first-order valence-electron chi connectivity index (χ1n) is 7.78. The van der Waals surface area contributed by atoms with Crippen molar-refractivity contribution in [2.45, 2.75) is 65.0 Å². The number of aromatic nitrogens is 2. The van der Waals surface area contributed by atoms with Gasteiger partial charge in [-0.05, 0) is 46.0 Å². The fourth-order valence-corrected chi connectivity index (χ4v) is 3.92. The van der Waals surface area contributed by atoms with E-state index in [0.717, 1.165) is 29.9 Å². The molecule has 114 valence electrons. The van der Waals surface area contributed by atoms with Crippen LogP contribution in [0.1, 0.15) is 56.3 Å². The quantitative estimate of drug-likeness (QED) is 0.945. The van der Waals surface area contributed by atoms with Gasteiger partial charge in [-0.2, -0.15) is 0 Å². The number of nitrogens with one attached hydrogen (secondary N) is 1. The van der Waals surface area contributed by atoms with Crippen LogP contribution < -0.4 is 10.9 Å². The molecule has 2 aromatic rings. The summed E-state index contributed by atoms with van der Waals surface area (Å²) < 4.78 is 1.83. The van der Waals surface area contributed by atoms with Gasteiger partial charge in [0.2, 0.25) is 0 Å². The van der Waals surface area contributed by atoms with Crippen LogP contribution in [0.15, 0.2) is 10.9 Å². The van der Waals surface area contributed by atoms with Crippen LogP contribution in [0.3, 0.4) is 0 Å². The highest BCUT2D eigenvalue weighted by Gasteiger charge is 2.19. The molecule has 0 amide bonds. The van der Waals surface area contributed by atoms with Crippen LogP contribution in [0.25, 0.3) is 4.96 Å². The van der Waals surface area contributed by atoms with E-state index >= 15 is 0 Å². The number of hydrogen-bond acceptors (Lipinski definition) is 4. The topological polar surface area (TPSA) is 46.4 Å². The molecule has 0 unspecified atom stereocenters. The Morgan fingerprint density at radius 3 is 2.90 bits per heavy atom. The molecule has 1 aliphatic carbocycles. The van der Waals surface area contributed by atoms with Crippen molar-refractivity contribution in [2.24, 2.45) is 0 Å². The number of hydrogen-bond donors (Lipinski definition) is 1. The highest BCUT2D eigenvalue weighted by atomic mass is 32.1. The van der Waals surface area contributed by atoms with Gasteiger partial charge in [-0.1, -0.05) is 6.92 Å². The molecule has 2 heterocycles. The number of rotatable bonds is 4. The summed E-state index contributed by atoms with van der Waals surface area (Å²) >= 11 is 1.69. The first-order valence-corrected chi connectivity index (χ1v) is 8.60. The zero-order valence-electron chi connectivity index (χ0n) is 13.0. The predicted molar refractivity (Wildman–Crippen MR) is 87.2 cm³/mol. The lowest BCUT2D eigenvalue weighted by Crippen LogP contribution is -2.38. The molecule has 0 radical (unpaired) electrons. The third-order valence-electron chi connectivity index (χ3n) is 4.45. The van der Waals surface area contributed by atoms with E-state index in [1.54, 1.807) is 17.4 Å². The number of aryl methyl sites for hydroxylation is 2. The molecule has 2 aromatic heterocycles. The zero-order chi connectivity index (χ0) is 15.0. The molecule has 3 rings (SSSR count). The first-order chi connectivity index (χ1) is 10.00. The van der Waals surface area contributed by atoms with E-state index in [4.69, 9.17) is 4.98 Å². The van der Waals surface area contributed by atoms with E-state index < -0.39 is 0 Å². The van der Waals surface area contributed by atoms with Crippen LogP contribution in [-0.4, -0.2) is 14.9 Å².